The SMILES string of the molecule is COc1ccc(-c2nc(C3=CC=C4C=CC5=C6C(=CC=C3C46)CC=C5c3ccccc3OC)cc(-c3ccccc3)n2)c(O)c1. The Morgan fingerprint density at radius 3 is 2.38 bits per heavy atom. The Kier molecular flexibility index (Phi) is 6.45. The third-order valence-corrected chi connectivity index (χ3v) is 8.96. The van der Waals surface area contributed by atoms with Crippen LogP contribution in [0.3, 0.4) is 0 Å². The second-order valence-corrected chi connectivity index (χ2v) is 11.4. The molecule has 5 nitrogen and oxygen atoms in total. The average Bonchev–Trinajstić information content (AvgIpc) is 3.10. The van der Waals surface area contributed by atoms with Crippen molar-refractivity contribution in [3.63, 3.8) is 0 Å². The van der Waals surface area contributed by atoms with Crippen molar-refractivity contribution in [3.05, 3.63) is 161 Å². The number of nitrogens with zero attached hydrogens (tertiary/aromatic N) is 2. The molecule has 1 atom stereocenters. The summed E-state index contributed by atoms with van der Waals surface area (Å²) >= 11 is 0. The van der Waals surface area contributed by atoms with E-state index in [0.29, 0.717) is 17.1 Å². The molecule has 8 rings (SSSR count). The largest absolute Gasteiger partial charge is 0.507 e. The number of hydrogen-bond donors (Lipinski definition) is 1. The van der Waals surface area contributed by atoms with E-state index in [0.717, 1.165) is 40.3 Å². The molecule has 0 bridgehead atoms. The molecule has 4 aliphatic carbocycles. The molecule has 1 N–H and O–H groups in total. The predicted octanol–water partition coefficient (Wildman–Crippen LogP) is 8.69. The molecule has 4 aromatic rings. The number of aromatic nitrogens is 2. The standard InChI is InChI=1S/C40H30N2O3/c1-44-27-16-21-33(36(43)22-27)40-41-34(24-8-4-3-5-9-24)23-35(42-40)29-18-13-26-14-19-31-28(30-10-6-7-11-37(30)45-2)17-12-25-15-20-32(29)39(26)38(25)31/h3-11,13-23,39,43H,12H2,1-2H3. The van der Waals surface area contributed by atoms with Crippen molar-refractivity contribution in [2.75, 3.05) is 14.2 Å². The van der Waals surface area contributed by atoms with Crippen LogP contribution in [0.15, 0.2) is 149 Å². The molecule has 0 amide bonds. The summed E-state index contributed by atoms with van der Waals surface area (Å²) in [6.07, 6.45) is 16.6. The molecule has 0 spiro atoms. The lowest BCUT2D eigenvalue weighted by Crippen LogP contribution is -2.23. The Morgan fingerprint density at radius 1 is 0.733 bits per heavy atom. The summed E-state index contributed by atoms with van der Waals surface area (Å²) in [5.41, 5.74) is 12.9. The van der Waals surface area contributed by atoms with Crippen LogP contribution in [-0.2, 0) is 0 Å². The van der Waals surface area contributed by atoms with Gasteiger partial charge in [0.25, 0.3) is 0 Å². The van der Waals surface area contributed by atoms with E-state index in [2.05, 4.69) is 60.7 Å². The molecule has 1 heterocycles. The Morgan fingerprint density at radius 2 is 1.56 bits per heavy atom. The summed E-state index contributed by atoms with van der Waals surface area (Å²) in [6.45, 7) is 0. The van der Waals surface area contributed by atoms with Crippen LogP contribution < -0.4 is 9.47 Å². The van der Waals surface area contributed by atoms with Gasteiger partial charge in [-0.05, 0) is 64.1 Å². The van der Waals surface area contributed by atoms with Gasteiger partial charge in [0.05, 0.1) is 31.2 Å². The van der Waals surface area contributed by atoms with Crippen LogP contribution in [0.4, 0.5) is 0 Å². The van der Waals surface area contributed by atoms with E-state index in [1.165, 1.54) is 33.4 Å². The highest BCUT2D eigenvalue weighted by molar-refractivity contribution is 5.94. The summed E-state index contributed by atoms with van der Waals surface area (Å²) < 4.78 is 11.1. The summed E-state index contributed by atoms with van der Waals surface area (Å²) in [6, 6.07) is 25.6. The maximum atomic E-state index is 11.0. The average molecular weight is 587 g/mol. The van der Waals surface area contributed by atoms with Crippen LogP contribution in [-0.4, -0.2) is 29.3 Å². The Hall–Kier alpha value is -5.68. The number of para-hydroxylation sites is 1. The zero-order chi connectivity index (χ0) is 30.5. The minimum absolute atomic E-state index is 0.0693. The molecule has 0 saturated heterocycles. The first-order valence-corrected chi connectivity index (χ1v) is 15.0. The van der Waals surface area contributed by atoms with Crippen molar-refractivity contribution in [2.24, 2.45) is 5.92 Å². The molecule has 0 aliphatic heterocycles. The number of phenolic OH excluding ortho intramolecular Hbond substituents is 1. The van der Waals surface area contributed by atoms with Crippen LogP contribution in [0.5, 0.6) is 17.2 Å². The molecule has 3 aromatic carbocycles. The van der Waals surface area contributed by atoms with Gasteiger partial charge >= 0.3 is 0 Å². The summed E-state index contributed by atoms with van der Waals surface area (Å²) in [4.78, 5) is 10.0. The zero-order valence-electron chi connectivity index (χ0n) is 25.0. The van der Waals surface area contributed by atoms with Gasteiger partial charge in [0.2, 0.25) is 0 Å². The highest BCUT2D eigenvalue weighted by Crippen LogP contribution is 2.53. The maximum Gasteiger partial charge on any atom is 0.164 e. The van der Waals surface area contributed by atoms with Crippen molar-refractivity contribution in [3.8, 4) is 39.9 Å². The quantitative estimate of drug-likeness (QED) is 0.245. The third-order valence-electron chi connectivity index (χ3n) is 8.96. The van der Waals surface area contributed by atoms with Gasteiger partial charge in [-0.3, -0.25) is 0 Å². The van der Waals surface area contributed by atoms with E-state index in [1.807, 2.05) is 48.5 Å². The number of allylic oxidation sites excluding steroid dienone is 14. The van der Waals surface area contributed by atoms with Crippen molar-refractivity contribution in [2.45, 2.75) is 6.42 Å². The highest BCUT2D eigenvalue weighted by atomic mass is 16.5. The second kappa shape index (κ2) is 10.8. The van der Waals surface area contributed by atoms with E-state index in [1.54, 1.807) is 26.4 Å². The molecular weight excluding hydrogens is 556 g/mol. The Bertz CT molecular complexity index is 2110. The van der Waals surface area contributed by atoms with Crippen molar-refractivity contribution in [1.82, 2.24) is 9.97 Å². The fourth-order valence-corrected chi connectivity index (χ4v) is 6.81. The molecule has 0 fully saturated rings. The molecule has 5 heteroatoms. The fraction of sp³-hybridized carbons (Fsp3) is 0.100. The van der Waals surface area contributed by atoms with Gasteiger partial charge < -0.3 is 14.6 Å². The predicted molar refractivity (Wildman–Crippen MR) is 179 cm³/mol. The third kappa shape index (κ3) is 4.47. The number of ether oxygens (including phenoxy) is 2. The lowest BCUT2D eigenvalue weighted by Gasteiger charge is -2.38. The van der Waals surface area contributed by atoms with Crippen LogP contribution in [0.2, 0.25) is 0 Å². The molecular formula is C40H30N2O3. The van der Waals surface area contributed by atoms with E-state index in [-0.39, 0.29) is 11.7 Å². The van der Waals surface area contributed by atoms with Crippen molar-refractivity contribution in [1.29, 1.82) is 0 Å². The zero-order valence-corrected chi connectivity index (χ0v) is 25.0. The van der Waals surface area contributed by atoms with Gasteiger partial charge in [-0.25, -0.2) is 9.97 Å². The van der Waals surface area contributed by atoms with E-state index < -0.39 is 0 Å². The van der Waals surface area contributed by atoms with Crippen LogP contribution in [0.1, 0.15) is 17.7 Å². The summed E-state index contributed by atoms with van der Waals surface area (Å²) in [5, 5.41) is 11.0. The number of aromatic hydroxyl groups is 1. The molecule has 0 saturated carbocycles. The van der Waals surface area contributed by atoms with Crippen molar-refractivity contribution < 1.29 is 14.6 Å². The number of hydrogen-bond acceptors (Lipinski definition) is 5. The fourth-order valence-electron chi connectivity index (χ4n) is 6.81. The minimum atomic E-state index is 0.0693. The summed E-state index contributed by atoms with van der Waals surface area (Å²) in [5.74, 6) is 2.06. The number of methoxy groups -OCH3 is 2. The van der Waals surface area contributed by atoms with Crippen LogP contribution >= 0.6 is 0 Å². The van der Waals surface area contributed by atoms with E-state index in [4.69, 9.17) is 19.4 Å². The van der Waals surface area contributed by atoms with Gasteiger partial charge in [0.15, 0.2) is 5.82 Å². The second-order valence-electron chi connectivity index (χ2n) is 11.4. The monoisotopic (exact) mass is 586 g/mol. The molecule has 45 heavy (non-hydrogen) atoms. The number of phenols is 1. The number of rotatable bonds is 6. The lowest BCUT2D eigenvalue weighted by molar-refractivity contribution is 0.408. The first kappa shape index (κ1) is 26.9. The summed E-state index contributed by atoms with van der Waals surface area (Å²) in [7, 11) is 3.31. The van der Waals surface area contributed by atoms with Gasteiger partial charge in [-0.1, -0.05) is 91.1 Å². The van der Waals surface area contributed by atoms with Crippen LogP contribution in [0.25, 0.3) is 33.8 Å². The molecule has 1 unspecified atom stereocenters. The lowest BCUT2D eigenvalue weighted by atomic mass is 9.65. The van der Waals surface area contributed by atoms with Gasteiger partial charge in [0.1, 0.15) is 17.2 Å². The minimum Gasteiger partial charge on any atom is -0.507 e. The van der Waals surface area contributed by atoms with Gasteiger partial charge in [-0.15, -0.1) is 0 Å². The number of benzene rings is 3. The van der Waals surface area contributed by atoms with Gasteiger partial charge in [0, 0.05) is 28.7 Å². The van der Waals surface area contributed by atoms with Gasteiger partial charge in [-0.2, -0.15) is 0 Å². The smallest absolute Gasteiger partial charge is 0.164 e. The first-order valence-electron chi connectivity index (χ1n) is 15.0. The highest BCUT2D eigenvalue weighted by Gasteiger charge is 2.37. The molecule has 1 aromatic heterocycles. The normalized spacial score (nSPS) is 17.8. The maximum absolute atomic E-state index is 11.0. The Balaban J connectivity index is 1.27. The topological polar surface area (TPSA) is 64.5 Å². The van der Waals surface area contributed by atoms with Crippen LogP contribution in [0, 0.1) is 5.92 Å². The van der Waals surface area contributed by atoms with Crippen molar-refractivity contribution >= 4 is 11.1 Å². The first-order chi connectivity index (χ1) is 22.1. The van der Waals surface area contributed by atoms with E-state index >= 15 is 0 Å². The molecule has 0 radical (unpaired) electrons. The van der Waals surface area contributed by atoms with E-state index in [9.17, 15) is 5.11 Å². The Labute approximate surface area is 262 Å². The molecule has 218 valence electrons. The molecule has 4 aliphatic rings.